The van der Waals surface area contributed by atoms with Crippen LogP contribution in [0.15, 0.2) is 66.9 Å². The topological polar surface area (TPSA) is 116 Å². The van der Waals surface area contributed by atoms with Gasteiger partial charge in [0.15, 0.2) is 0 Å². The van der Waals surface area contributed by atoms with E-state index in [-0.39, 0.29) is 37.5 Å². The first-order chi connectivity index (χ1) is 20.4. The second-order valence-corrected chi connectivity index (χ2v) is 10.7. The molecule has 2 amide bonds. The van der Waals surface area contributed by atoms with Gasteiger partial charge in [-0.1, -0.05) is 30.3 Å². The van der Waals surface area contributed by atoms with Gasteiger partial charge in [0.1, 0.15) is 21.2 Å². The van der Waals surface area contributed by atoms with E-state index in [1.165, 1.54) is 12.1 Å². The molecular weight excluding hydrogens is 584 g/mol. The van der Waals surface area contributed by atoms with Gasteiger partial charge in [-0.15, -0.1) is 11.3 Å². The number of alkyl halides is 3. The SMILES string of the molecule is Cc1nn(C)cc1-c1cc(C(=O)Nc2c(C(N)=O)sc3nc(C(F)(F)F)cc(-c4ccc(F)cc4)c23)c2ccccc2n1. The van der Waals surface area contributed by atoms with Gasteiger partial charge in [-0.05, 0) is 48.4 Å². The first kappa shape index (κ1) is 28.0. The zero-order valence-corrected chi connectivity index (χ0v) is 23.3. The molecule has 8 nitrogen and oxygen atoms in total. The molecule has 6 rings (SSSR count). The normalized spacial score (nSPS) is 11.8. The number of aryl methyl sites for hydroxylation is 2. The highest BCUT2D eigenvalue weighted by molar-refractivity contribution is 7.21. The number of aromatic nitrogens is 4. The molecule has 13 heteroatoms. The van der Waals surface area contributed by atoms with E-state index < -0.39 is 29.5 Å². The minimum absolute atomic E-state index is 0.0114. The van der Waals surface area contributed by atoms with Crippen LogP contribution in [0, 0.1) is 12.7 Å². The third-order valence-corrected chi connectivity index (χ3v) is 7.92. The second kappa shape index (κ2) is 10.3. The van der Waals surface area contributed by atoms with Crippen LogP contribution < -0.4 is 11.1 Å². The van der Waals surface area contributed by atoms with Crippen LogP contribution in [0.4, 0.5) is 23.2 Å². The Balaban J connectivity index is 1.57. The summed E-state index contributed by atoms with van der Waals surface area (Å²) in [6.07, 6.45) is -3.05. The van der Waals surface area contributed by atoms with Crippen molar-refractivity contribution in [2.45, 2.75) is 13.1 Å². The highest BCUT2D eigenvalue weighted by Crippen LogP contribution is 2.44. The number of pyridine rings is 2. The number of rotatable bonds is 5. The number of primary amides is 1. The van der Waals surface area contributed by atoms with E-state index in [2.05, 4.69) is 15.4 Å². The number of halogens is 4. The van der Waals surface area contributed by atoms with Crippen LogP contribution in [0.25, 0.3) is 43.5 Å². The number of thiophene rings is 1. The van der Waals surface area contributed by atoms with Crippen molar-refractivity contribution in [2.75, 3.05) is 5.32 Å². The third-order valence-electron chi connectivity index (χ3n) is 6.82. The van der Waals surface area contributed by atoms with Gasteiger partial charge < -0.3 is 11.1 Å². The number of amides is 2. The maximum Gasteiger partial charge on any atom is 0.433 e. The number of nitrogens with zero attached hydrogens (tertiary/aromatic N) is 4. The van der Waals surface area contributed by atoms with Crippen molar-refractivity contribution >= 4 is 50.0 Å². The maximum absolute atomic E-state index is 14.0. The minimum Gasteiger partial charge on any atom is -0.365 e. The minimum atomic E-state index is -4.82. The van der Waals surface area contributed by atoms with E-state index in [0.717, 1.165) is 18.2 Å². The molecule has 0 aliphatic carbocycles. The molecular formula is C30H20F4N6O2S. The lowest BCUT2D eigenvalue weighted by atomic mass is 10.0. The van der Waals surface area contributed by atoms with Crippen molar-refractivity contribution in [3.63, 3.8) is 0 Å². The number of hydrogen-bond acceptors (Lipinski definition) is 6. The molecule has 0 aliphatic rings. The van der Waals surface area contributed by atoms with Gasteiger partial charge in [-0.25, -0.2) is 14.4 Å². The molecule has 216 valence electrons. The Morgan fingerprint density at radius 2 is 1.72 bits per heavy atom. The van der Waals surface area contributed by atoms with Crippen LogP contribution in [0.5, 0.6) is 0 Å². The Labute approximate surface area is 244 Å². The summed E-state index contributed by atoms with van der Waals surface area (Å²) in [4.78, 5) is 34.6. The number of nitrogens with two attached hydrogens (primary N) is 1. The van der Waals surface area contributed by atoms with Crippen LogP contribution in [0.3, 0.4) is 0 Å². The average Bonchev–Trinajstić information content (AvgIpc) is 3.50. The van der Waals surface area contributed by atoms with Crippen LogP contribution >= 0.6 is 11.3 Å². The molecule has 0 fully saturated rings. The number of fused-ring (bicyclic) bond motifs is 2. The fraction of sp³-hybridized carbons (Fsp3) is 0.100. The standard InChI is InChI=1S/C30H20F4N6O2S/c1-14-20(13-40(2)39-14)22-11-19(17-5-3-4-6-21(17)36-22)28(42)38-25-24-18(15-7-9-16(31)10-8-15)12-23(30(32,33)34)37-29(24)43-26(25)27(35)41/h3-13H,1-2H3,(H2,35,41)(H,38,42). The summed E-state index contributed by atoms with van der Waals surface area (Å²) < 4.78 is 56.9. The predicted octanol–water partition coefficient (Wildman–Crippen LogP) is 6.73. The summed E-state index contributed by atoms with van der Waals surface area (Å²) in [6, 6.07) is 14.1. The quantitative estimate of drug-likeness (QED) is 0.212. The average molecular weight is 605 g/mol. The van der Waals surface area contributed by atoms with Gasteiger partial charge >= 0.3 is 6.18 Å². The van der Waals surface area contributed by atoms with Crippen molar-refractivity contribution in [1.29, 1.82) is 0 Å². The van der Waals surface area contributed by atoms with E-state index in [1.807, 2.05) is 6.92 Å². The zero-order valence-electron chi connectivity index (χ0n) is 22.5. The molecule has 3 N–H and O–H groups in total. The lowest BCUT2D eigenvalue weighted by Crippen LogP contribution is -2.17. The van der Waals surface area contributed by atoms with Gasteiger partial charge in [0.2, 0.25) is 0 Å². The highest BCUT2D eigenvalue weighted by atomic mass is 32.1. The van der Waals surface area contributed by atoms with Crippen molar-refractivity contribution in [2.24, 2.45) is 12.8 Å². The summed E-state index contributed by atoms with van der Waals surface area (Å²) in [6.45, 7) is 1.81. The van der Waals surface area contributed by atoms with Gasteiger partial charge in [0.05, 0.1) is 28.2 Å². The number of benzene rings is 2. The lowest BCUT2D eigenvalue weighted by Gasteiger charge is -2.13. The van der Waals surface area contributed by atoms with Crippen LogP contribution in [0.2, 0.25) is 0 Å². The second-order valence-electron chi connectivity index (χ2n) is 9.74. The highest BCUT2D eigenvalue weighted by Gasteiger charge is 2.35. The molecule has 4 aromatic heterocycles. The number of nitrogens with one attached hydrogen (secondary N) is 1. The molecule has 0 bridgehead atoms. The van der Waals surface area contributed by atoms with Crippen molar-refractivity contribution < 1.29 is 27.2 Å². The van der Waals surface area contributed by atoms with Gasteiger partial charge in [-0.3, -0.25) is 14.3 Å². The largest absolute Gasteiger partial charge is 0.433 e. The monoisotopic (exact) mass is 604 g/mol. The Hall–Kier alpha value is -5.17. The van der Waals surface area contributed by atoms with E-state index in [9.17, 15) is 27.2 Å². The number of hydrogen-bond donors (Lipinski definition) is 2. The fourth-order valence-electron chi connectivity index (χ4n) is 4.93. The van der Waals surface area contributed by atoms with E-state index >= 15 is 0 Å². The zero-order chi connectivity index (χ0) is 30.6. The Morgan fingerprint density at radius 3 is 2.37 bits per heavy atom. The number of anilines is 1. The van der Waals surface area contributed by atoms with Crippen LogP contribution in [-0.2, 0) is 13.2 Å². The number of carbonyl (C=O) groups excluding carboxylic acids is 2. The molecule has 0 aliphatic heterocycles. The molecule has 0 atom stereocenters. The molecule has 0 saturated heterocycles. The van der Waals surface area contributed by atoms with Gasteiger partial charge in [-0.2, -0.15) is 18.3 Å². The van der Waals surface area contributed by atoms with Gasteiger partial charge in [0, 0.05) is 29.6 Å². The summed E-state index contributed by atoms with van der Waals surface area (Å²) in [5.41, 5.74) is 7.10. The molecule has 4 heterocycles. The third kappa shape index (κ3) is 5.07. The lowest BCUT2D eigenvalue weighted by molar-refractivity contribution is -0.140. The Kier molecular flexibility index (Phi) is 6.69. The van der Waals surface area contributed by atoms with Crippen molar-refractivity contribution in [3.8, 4) is 22.4 Å². The van der Waals surface area contributed by atoms with Gasteiger partial charge in [0.25, 0.3) is 11.8 Å². The first-order valence-corrected chi connectivity index (χ1v) is 13.5. The molecule has 43 heavy (non-hydrogen) atoms. The Bertz CT molecular complexity index is 2080. The van der Waals surface area contributed by atoms with Crippen LogP contribution in [-0.4, -0.2) is 31.6 Å². The molecule has 0 radical (unpaired) electrons. The molecule has 0 unspecified atom stereocenters. The van der Waals surface area contributed by atoms with E-state index in [1.54, 1.807) is 48.3 Å². The number of carbonyl (C=O) groups is 2. The van der Waals surface area contributed by atoms with Crippen molar-refractivity contribution in [1.82, 2.24) is 19.7 Å². The summed E-state index contributed by atoms with van der Waals surface area (Å²) in [5, 5.41) is 7.65. The molecule has 0 saturated carbocycles. The summed E-state index contributed by atoms with van der Waals surface area (Å²) in [7, 11) is 1.76. The smallest absolute Gasteiger partial charge is 0.365 e. The first-order valence-electron chi connectivity index (χ1n) is 12.7. The Morgan fingerprint density at radius 1 is 1.00 bits per heavy atom. The predicted molar refractivity (Wildman–Crippen MR) is 155 cm³/mol. The molecule has 2 aromatic carbocycles. The summed E-state index contributed by atoms with van der Waals surface area (Å²) in [5.74, 6) is -2.22. The molecule has 6 aromatic rings. The number of para-hydroxylation sites is 1. The summed E-state index contributed by atoms with van der Waals surface area (Å²) >= 11 is 0.622. The maximum atomic E-state index is 14.0. The fourth-order valence-corrected chi connectivity index (χ4v) is 5.93. The molecule has 0 spiro atoms. The van der Waals surface area contributed by atoms with Crippen molar-refractivity contribution in [3.05, 3.63) is 94.5 Å². The van der Waals surface area contributed by atoms with E-state index in [0.29, 0.717) is 39.2 Å². The van der Waals surface area contributed by atoms with Crippen LogP contribution in [0.1, 0.15) is 31.4 Å². The van der Waals surface area contributed by atoms with E-state index in [4.69, 9.17) is 10.7 Å².